The highest BCUT2D eigenvalue weighted by molar-refractivity contribution is 5.85. The molecule has 11 heterocycles. The Morgan fingerprint density at radius 2 is 0.806 bits per heavy atom. The van der Waals surface area contributed by atoms with E-state index in [0.717, 1.165) is 66.6 Å². The van der Waals surface area contributed by atoms with E-state index in [1.54, 1.807) is 49.6 Å². The Labute approximate surface area is 574 Å². The Bertz CT molecular complexity index is 4580. The Hall–Kier alpha value is -12.0. The van der Waals surface area contributed by atoms with Crippen molar-refractivity contribution in [1.29, 1.82) is 0 Å². The van der Waals surface area contributed by atoms with Crippen LogP contribution in [0.25, 0.3) is 76.7 Å². The molecule has 0 aliphatic carbocycles. The molecule has 0 radical (unpaired) electrons. The highest BCUT2D eigenvalue weighted by Gasteiger charge is 2.14. The molecule has 98 heavy (non-hydrogen) atoms. The van der Waals surface area contributed by atoms with Crippen LogP contribution in [0.1, 0.15) is 82.4 Å². The van der Waals surface area contributed by atoms with Crippen LogP contribution in [0.3, 0.4) is 0 Å². The minimum atomic E-state index is 0.174. The van der Waals surface area contributed by atoms with Gasteiger partial charge in [-0.15, -0.1) is 0 Å². The molecule has 0 bridgehead atoms. The second kappa shape index (κ2) is 36.6. The third-order valence-electron chi connectivity index (χ3n) is 15.1. The van der Waals surface area contributed by atoms with Gasteiger partial charge in [-0.05, 0) is 187 Å². The van der Waals surface area contributed by atoms with Gasteiger partial charge in [-0.2, -0.15) is 40.8 Å². The quantitative estimate of drug-likeness (QED) is 0.151. The molecule has 0 saturated carbocycles. The lowest BCUT2D eigenvalue weighted by atomic mass is 9.91. The first kappa shape index (κ1) is 71.9. The lowest BCUT2D eigenvalue weighted by Crippen LogP contribution is -2.12. The topological polar surface area (TPSA) is 193 Å². The monoisotopic (exact) mass is 1290 g/mol. The number of aryl methyl sites for hydroxylation is 10. The van der Waals surface area contributed by atoms with Gasteiger partial charge in [0.25, 0.3) is 0 Å². The van der Waals surface area contributed by atoms with Crippen LogP contribution < -0.4 is 0 Å². The molecule has 0 amide bonds. The zero-order valence-corrected chi connectivity index (χ0v) is 58.1. The number of hydrogen-bond donors (Lipinski definition) is 0. The van der Waals surface area contributed by atoms with Crippen molar-refractivity contribution < 1.29 is 0 Å². The van der Waals surface area contributed by atoms with Crippen LogP contribution in [0.5, 0.6) is 0 Å². The number of rotatable bonds is 1. The molecular formula is C83H83N15. The molecule has 11 aromatic heterocycles. The molecule has 0 unspecified atom stereocenters. The van der Waals surface area contributed by atoms with Crippen molar-refractivity contribution in [1.82, 2.24) is 75.7 Å². The fourth-order valence-electron chi connectivity index (χ4n) is 9.56. The van der Waals surface area contributed by atoms with Gasteiger partial charge in [-0.25, -0.2) is 19.9 Å². The third kappa shape index (κ3) is 22.3. The number of aromatic nitrogens is 15. The SMILES string of the molecule is Cc1ccc(-c2ccccc2)nc1.Cc1ccc(C(C)(C)C)nc1.Cc1ccc(C)nc1.Cc1cccc2cnncc12.Cc1cccc2nnccc12.Cc1ccnc2ncccc12.Cc1cnc2ncccc2c1.Cc1cnnc2ccccc12.Cc1nncc2ccccc12. The maximum Gasteiger partial charge on any atom is 0.159 e. The van der Waals surface area contributed by atoms with E-state index in [-0.39, 0.29) is 5.41 Å². The molecule has 16 rings (SSSR count). The average molecular weight is 1290 g/mol. The van der Waals surface area contributed by atoms with E-state index in [0.29, 0.717) is 0 Å². The maximum absolute atomic E-state index is 4.35. The molecule has 5 aromatic carbocycles. The van der Waals surface area contributed by atoms with Gasteiger partial charge in [-0.1, -0.05) is 142 Å². The van der Waals surface area contributed by atoms with Gasteiger partial charge < -0.3 is 0 Å². The summed E-state index contributed by atoms with van der Waals surface area (Å²) >= 11 is 0. The van der Waals surface area contributed by atoms with Gasteiger partial charge in [0.2, 0.25) is 0 Å². The fourth-order valence-corrected chi connectivity index (χ4v) is 9.56. The summed E-state index contributed by atoms with van der Waals surface area (Å²) in [4.78, 5) is 29.3. The van der Waals surface area contributed by atoms with Crippen molar-refractivity contribution in [2.75, 3.05) is 0 Å². The summed E-state index contributed by atoms with van der Waals surface area (Å²) in [6, 6.07) is 64.8. The lowest BCUT2D eigenvalue weighted by Gasteiger charge is -2.16. The zero-order chi connectivity index (χ0) is 69.7. The van der Waals surface area contributed by atoms with Crippen molar-refractivity contribution in [2.24, 2.45) is 0 Å². The Kier molecular flexibility index (Phi) is 26.9. The molecular weight excluding hydrogens is 1210 g/mol. The van der Waals surface area contributed by atoms with Gasteiger partial charge in [0.15, 0.2) is 11.3 Å². The van der Waals surface area contributed by atoms with Crippen molar-refractivity contribution in [3.63, 3.8) is 0 Å². The molecule has 15 nitrogen and oxygen atoms in total. The molecule has 0 aliphatic heterocycles. The van der Waals surface area contributed by atoms with Crippen LogP contribution in [-0.4, -0.2) is 75.7 Å². The molecule has 0 spiro atoms. The number of pyridine rings is 7. The molecule has 0 fully saturated rings. The summed E-state index contributed by atoms with van der Waals surface area (Å²) in [7, 11) is 0. The molecule has 0 atom stereocenters. The lowest BCUT2D eigenvalue weighted by molar-refractivity contribution is 0.568. The molecule has 16 aromatic rings. The molecule has 490 valence electrons. The van der Waals surface area contributed by atoms with Gasteiger partial charge in [0, 0.05) is 109 Å². The van der Waals surface area contributed by atoms with Gasteiger partial charge in [0.05, 0.1) is 53.4 Å². The average Bonchev–Trinajstić information content (AvgIpc) is 0.974. The third-order valence-corrected chi connectivity index (χ3v) is 15.1. The van der Waals surface area contributed by atoms with Crippen LogP contribution in [0, 0.1) is 69.2 Å². The van der Waals surface area contributed by atoms with Crippen LogP contribution >= 0.6 is 0 Å². The summed E-state index contributed by atoms with van der Waals surface area (Å²) < 4.78 is 0. The highest BCUT2D eigenvalue weighted by Crippen LogP contribution is 2.21. The Balaban J connectivity index is 0.000000141. The van der Waals surface area contributed by atoms with Crippen molar-refractivity contribution in [3.05, 3.63) is 330 Å². The van der Waals surface area contributed by atoms with Gasteiger partial charge in [0.1, 0.15) is 0 Å². The molecule has 15 heteroatoms. The predicted molar refractivity (Wildman–Crippen MR) is 401 cm³/mol. The summed E-state index contributed by atoms with van der Waals surface area (Å²) in [6.45, 7) is 26.9. The first-order valence-electron chi connectivity index (χ1n) is 32.2. The van der Waals surface area contributed by atoms with E-state index < -0.39 is 0 Å². The minimum absolute atomic E-state index is 0.174. The van der Waals surface area contributed by atoms with Crippen LogP contribution in [0.15, 0.2) is 268 Å². The number of fused-ring (bicyclic) bond motifs is 6. The van der Waals surface area contributed by atoms with E-state index >= 15 is 0 Å². The number of hydrogen-bond acceptors (Lipinski definition) is 15. The summed E-state index contributed by atoms with van der Waals surface area (Å²) in [5.41, 5.74) is 18.9. The highest BCUT2D eigenvalue weighted by atomic mass is 15.1. The van der Waals surface area contributed by atoms with E-state index in [1.165, 1.54) is 71.6 Å². The smallest absolute Gasteiger partial charge is 0.159 e. The van der Waals surface area contributed by atoms with Crippen molar-refractivity contribution in [3.8, 4) is 11.3 Å². The first-order valence-corrected chi connectivity index (χ1v) is 32.2. The largest absolute Gasteiger partial charge is 0.261 e. The maximum atomic E-state index is 4.35. The second-order valence-electron chi connectivity index (χ2n) is 24.3. The minimum Gasteiger partial charge on any atom is -0.261 e. The van der Waals surface area contributed by atoms with Gasteiger partial charge >= 0.3 is 0 Å². The zero-order valence-electron chi connectivity index (χ0n) is 58.1. The fraction of sp³-hybridized carbons (Fsp3) is 0.169. The normalized spacial score (nSPS) is 10.3. The van der Waals surface area contributed by atoms with E-state index in [9.17, 15) is 0 Å². The number of benzene rings is 5. The van der Waals surface area contributed by atoms with Crippen molar-refractivity contribution in [2.45, 2.75) is 95.4 Å². The number of nitrogens with zero attached hydrogens (tertiary/aromatic N) is 15. The molecule has 0 N–H and O–H groups in total. The Morgan fingerprint density at radius 3 is 1.47 bits per heavy atom. The molecule has 0 aliphatic rings. The van der Waals surface area contributed by atoms with E-state index in [2.05, 4.69) is 191 Å². The summed E-state index contributed by atoms with van der Waals surface area (Å²) in [5, 5.41) is 40.4. The van der Waals surface area contributed by atoms with Gasteiger partial charge in [-0.3, -0.25) is 15.0 Å². The van der Waals surface area contributed by atoms with Crippen LogP contribution in [0.2, 0.25) is 0 Å². The summed E-state index contributed by atoms with van der Waals surface area (Å²) in [6.07, 6.45) is 21.7. The summed E-state index contributed by atoms with van der Waals surface area (Å²) in [5.74, 6) is 0. The van der Waals surface area contributed by atoms with Crippen molar-refractivity contribution >= 4 is 65.4 Å². The first-order chi connectivity index (χ1) is 47.4. The molecule has 0 saturated heterocycles. The van der Waals surface area contributed by atoms with E-state index in [1.807, 2.05) is 194 Å². The Morgan fingerprint density at radius 1 is 0.276 bits per heavy atom. The van der Waals surface area contributed by atoms with E-state index in [4.69, 9.17) is 0 Å². The second-order valence-corrected chi connectivity index (χ2v) is 24.3. The standard InChI is InChI=1S/C12H11N.C10H15N.6C9H8N2.C7H9N/c1-10-7-8-12(13-9-10)11-5-3-2-4-6-11;1-8-5-6-9(11-7-8)10(2,3)4;1-7-4-6-11-9-8(7)3-2-5-10-9;1-7-5-8-3-2-4-10-9(8)11-6-7;1-7-3-2-4-8-5-10-11-6-9(7)8;1-7-3-2-4-9-8(7)5-6-10-11-9;1-7-9-5-3-2-4-8(9)6-10-11-7;1-7-6-10-11-9-5-3-2-4-8(7)9;1-6-3-4-7(2)8-5-6/h2-9H,1H3;5-7H,1-4H3;6*2-6H,1H3;3-5H,1-2H3. The van der Waals surface area contributed by atoms with Crippen LogP contribution in [0.4, 0.5) is 0 Å². The predicted octanol–water partition coefficient (Wildman–Crippen LogP) is 19.1. The van der Waals surface area contributed by atoms with Crippen LogP contribution in [-0.2, 0) is 5.41 Å².